The van der Waals surface area contributed by atoms with Crippen molar-refractivity contribution in [1.82, 2.24) is 15.2 Å². The van der Waals surface area contributed by atoms with E-state index < -0.39 is 17.5 Å². The maximum Gasteiger partial charge on any atom is 0.314 e. The summed E-state index contributed by atoms with van der Waals surface area (Å²) < 4.78 is 5.85. The van der Waals surface area contributed by atoms with Crippen molar-refractivity contribution < 1.29 is 29.6 Å². The van der Waals surface area contributed by atoms with Crippen molar-refractivity contribution in [2.24, 2.45) is 0 Å². The predicted octanol–water partition coefficient (Wildman–Crippen LogP) is 4.36. The number of nitrogens with zero attached hydrogens (tertiary/aromatic N) is 1. The van der Waals surface area contributed by atoms with E-state index in [-0.39, 0.29) is 17.2 Å². The van der Waals surface area contributed by atoms with Gasteiger partial charge in [-0.15, -0.1) is 0 Å². The summed E-state index contributed by atoms with van der Waals surface area (Å²) in [4.78, 5) is 41.3. The monoisotopic (exact) mass is 613 g/mol. The van der Waals surface area contributed by atoms with E-state index in [1.807, 2.05) is 30.3 Å². The highest BCUT2D eigenvalue weighted by atomic mass is 16.5. The maximum atomic E-state index is 13.1. The molecule has 0 aliphatic carbocycles. The van der Waals surface area contributed by atoms with Gasteiger partial charge in [0.15, 0.2) is 0 Å². The molecule has 1 aliphatic rings. The van der Waals surface area contributed by atoms with E-state index in [1.54, 1.807) is 41.3 Å². The van der Waals surface area contributed by atoms with Gasteiger partial charge in [-0.25, -0.2) is 0 Å². The second-order valence-electron chi connectivity index (χ2n) is 11.5. The number of aromatic amines is 1. The van der Waals surface area contributed by atoms with Crippen molar-refractivity contribution >= 4 is 22.8 Å². The predicted molar refractivity (Wildman–Crippen MR) is 171 cm³/mol. The lowest BCUT2D eigenvalue weighted by atomic mass is 9.73. The van der Waals surface area contributed by atoms with Crippen molar-refractivity contribution in [1.29, 1.82) is 0 Å². The fraction of sp³-hybridized carbons (Fsp3) is 0.343. The minimum Gasteiger partial charge on any atom is -0.506 e. The molecule has 1 fully saturated rings. The lowest BCUT2D eigenvalue weighted by molar-refractivity contribution is -0.145. The molecule has 0 saturated carbocycles. The number of likely N-dealkylation sites (tertiary alicyclic amines) is 1. The van der Waals surface area contributed by atoms with E-state index in [1.165, 1.54) is 12.1 Å². The molecule has 45 heavy (non-hydrogen) atoms. The fourth-order valence-electron chi connectivity index (χ4n) is 5.97. The first-order valence-electron chi connectivity index (χ1n) is 15.3. The normalized spacial score (nSPS) is 15.1. The Morgan fingerprint density at radius 1 is 0.933 bits per heavy atom. The third kappa shape index (κ3) is 7.35. The molecule has 1 unspecified atom stereocenters. The van der Waals surface area contributed by atoms with E-state index in [4.69, 9.17) is 4.74 Å². The molecule has 0 bridgehead atoms. The Balaban J connectivity index is 0.997. The third-order valence-corrected chi connectivity index (χ3v) is 8.61. The summed E-state index contributed by atoms with van der Waals surface area (Å²) >= 11 is 0. The average molecular weight is 614 g/mol. The Morgan fingerprint density at radius 2 is 1.67 bits per heavy atom. The Hall–Kier alpha value is -4.67. The zero-order valence-electron chi connectivity index (χ0n) is 25.1. The van der Waals surface area contributed by atoms with Crippen LogP contribution in [0.1, 0.15) is 59.7 Å². The molecule has 10 heteroatoms. The van der Waals surface area contributed by atoms with Crippen molar-refractivity contribution in [2.75, 3.05) is 32.8 Å². The molecule has 1 aromatic heterocycles. The number of carboxylic acids is 1. The number of rotatable bonds is 13. The van der Waals surface area contributed by atoms with Crippen LogP contribution in [-0.4, -0.2) is 69.9 Å². The number of carbonyl (C=O) groups excluding carboxylic acids is 1. The van der Waals surface area contributed by atoms with Gasteiger partial charge in [-0.2, -0.15) is 0 Å². The number of pyridine rings is 1. The number of aliphatic hydroxyl groups excluding tert-OH is 1. The number of piperidine rings is 1. The number of amides is 1. The number of benzene rings is 3. The van der Waals surface area contributed by atoms with Gasteiger partial charge in [0.05, 0.1) is 23.6 Å². The average Bonchev–Trinajstić information content (AvgIpc) is 3.06. The lowest BCUT2D eigenvalue weighted by Gasteiger charge is -2.39. The molecule has 4 aromatic rings. The molecular formula is C35H39N3O7. The Bertz CT molecular complexity index is 1660. The fourth-order valence-corrected chi connectivity index (χ4v) is 5.97. The van der Waals surface area contributed by atoms with Gasteiger partial charge in [0.25, 0.3) is 5.91 Å². The summed E-state index contributed by atoms with van der Waals surface area (Å²) in [7, 11) is 0. The van der Waals surface area contributed by atoms with Gasteiger partial charge < -0.3 is 35.3 Å². The van der Waals surface area contributed by atoms with E-state index in [0.29, 0.717) is 66.9 Å². The number of carbonyl (C=O) groups is 2. The molecule has 5 N–H and O–H groups in total. The van der Waals surface area contributed by atoms with Crippen molar-refractivity contribution in [2.45, 2.75) is 43.6 Å². The topological polar surface area (TPSA) is 152 Å². The van der Waals surface area contributed by atoms with Crippen LogP contribution in [0.2, 0.25) is 0 Å². The van der Waals surface area contributed by atoms with E-state index in [9.17, 15) is 29.7 Å². The zero-order chi connectivity index (χ0) is 31.8. The summed E-state index contributed by atoms with van der Waals surface area (Å²) in [6.07, 6.45) is 2.62. The van der Waals surface area contributed by atoms with Crippen LogP contribution in [0.15, 0.2) is 83.7 Å². The van der Waals surface area contributed by atoms with E-state index in [2.05, 4.69) is 10.3 Å². The third-order valence-electron chi connectivity index (χ3n) is 8.61. The SMILES string of the molecule is O=C(c1ccc(OCCCCCNCC(O)c2ccc(O)c3[nH]c(=O)ccc23)cc1)N1CCC(C(=O)O)(c2ccccc2)CC1. The maximum absolute atomic E-state index is 13.1. The van der Waals surface area contributed by atoms with Gasteiger partial charge in [-0.1, -0.05) is 36.4 Å². The molecule has 10 nitrogen and oxygen atoms in total. The van der Waals surface area contributed by atoms with Gasteiger partial charge >= 0.3 is 5.97 Å². The number of aromatic nitrogens is 1. The molecule has 1 atom stereocenters. The summed E-state index contributed by atoms with van der Waals surface area (Å²) in [5.74, 6) is -0.315. The number of carboxylic acid groups (broad SMARTS) is 1. The molecule has 5 rings (SSSR count). The van der Waals surface area contributed by atoms with Gasteiger partial charge in [-0.05, 0) is 86.2 Å². The Morgan fingerprint density at radius 3 is 2.38 bits per heavy atom. The van der Waals surface area contributed by atoms with Crippen LogP contribution in [0.25, 0.3) is 10.9 Å². The van der Waals surface area contributed by atoms with Gasteiger partial charge in [0, 0.05) is 36.7 Å². The molecule has 236 valence electrons. The number of ether oxygens (including phenoxy) is 1. The summed E-state index contributed by atoms with van der Waals surface area (Å²) in [6, 6.07) is 22.4. The van der Waals surface area contributed by atoms with Crippen LogP contribution < -0.4 is 15.6 Å². The van der Waals surface area contributed by atoms with Crippen LogP contribution in [0, 0.1) is 0 Å². The van der Waals surface area contributed by atoms with E-state index >= 15 is 0 Å². The number of hydrogen-bond donors (Lipinski definition) is 5. The minimum absolute atomic E-state index is 0.0368. The number of nitrogens with one attached hydrogen (secondary N) is 2. The largest absolute Gasteiger partial charge is 0.506 e. The lowest BCUT2D eigenvalue weighted by Crippen LogP contribution is -2.49. The Kier molecular flexibility index (Phi) is 10.2. The van der Waals surface area contributed by atoms with Crippen LogP contribution >= 0.6 is 0 Å². The number of aliphatic carboxylic acids is 1. The van der Waals surface area contributed by atoms with Gasteiger partial charge in [0.2, 0.25) is 5.56 Å². The number of unbranched alkanes of at least 4 members (excludes halogenated alkanes) is 2. The van der Waals surface area contributed by atoms with Gasteiger partial charge in [0.1, 0.15) is 11.5 Å². The number of H-pyrrole nitrogens is 1. The first-order valence-corrected chi connectivity index (χ1v) is 15.3. The van der Waals surface area contributed by atoms with Crippen LogP contribution in [0.3, 0.4) is 0 Å². The van der Waals surface area contributed by atoms with Gasteiger partial charge in [-0.3, -0.25) is 14.4 Å². The van der Waals surface area contributed by atoms with Crippen LogP contribution in [0.5, 0.6) is 11.5 Å². The molecule has 1 saturated heterocycles. The van der Waals surface area contributed by atoms with E-state index in [0.717, 1.165) is 31.4 Å². The Labute approximate surface area is 261 Å². The molecule has 0 radical (unpaired) electrons. The number of phenols is 1. The van der Waals surface area contributed by atoms with Crippen LogP contribution in [0.4, 0.5) is 0 Å². The number of aromatic hydroxyl groups is 1. The minimum atomic E-state index is -0.972. The zero-order valence-corrected chi connectivity index (χ0v) is 25.1. The smallest absolute Gasteiger partial charge is 0.314 e. The first kappa shape index (κ1) is 31.7. The molecule has 3 aromatic carbocycles. The molecular weight excluding hydrogens is 574 g/mol. The molecule has 2 heterocycles. The number of phenolic OH excluding ortho intramolecular Hbond substituents is 1. The second-order valence-corrected chi connectivity index (χ2v) is 11.5. The highest BCUT2D eigenvalue weighted by Crippen LogP contribution is 2.36. The summed E-state index contributed by atoms with van der Waals surface area (Å²) in [6.45, 7) is 2.35. The molecule has 0 spiro atoms. The number of hydrogen-bond acceptors (Lipinski definition) is 7. The highest BCUT2D eigenvalue weighted by molar-refractivity contribution is 5.94. The second kappa shape index (κ2) is 14.4. The number of aliphatic hydroxyl groups is 1. The first-order chi connectivity index (χ1) is 21.8. The number of fused-ring (bicyclic) bond motifs is 1. The summed E-state index contributed by atoms with van der Waals surface area (Å²) in [5, 5.41) is 34.6. The highest BCUT2D eigenvalue weighted by Gasteiger charge is 2.43. The van der Waals surface area contributed by atoms with Crippen LogP contribution in [-0.2, 0) is 10.2 Å². The quantitative estimate of drug-likeness (QED) is 0.140. The van der Waals surface area contributed by atoms with Crippen molar-refractivity contribution in [3.8, 4) is 11.5 Å². The standard InChI is InChI=1S/C35H39N3O7/c39-29-15-13-27(28-14-16-31(41)37-32(28)29)30(40)23-36-19-5-2-6-22-45-26-11-9-24(10-12-26)33(42)38-20-17-35(18-21-38,34(43)44)25-7-3-1-4-8-25/h1,3-4,7-16,30,36,39-40H,2,5-6,17-23H2,(H,37,41)(H,43,44). The molecule has 1 amide bonds. The van der Waals surface area contributed by atoms with Crippen molar-refractivity contribution in [3.63, 3.8) is 0 Å². The molecule has 1 aliphatic heterocycles. The summed E-state index contributed by atoms with van der Waals surface area (Å²) in [5.41, 5.74) is 0.983. The van der Waals surface area contributed by atoms with Crippen molar-refractivity contribution in [3.05, 3.63) is 106 Å².